The Morgan fingerprint density at radius 1 is 1.24 bits per heavy atom. The molecule has 1 aliphatic heterocycles. The van der Waals surface area contributed by atoms with Gasteiger partial charge in [0.15, 0.2) is 0 Å². The van der Waals surface area contributed by atoms with Gasteiger partial charge in [0.05, 0.1) is 0 Å². The molecule has 98 valence electrons. The maximum absolute atomic E-state index is 12.0. The molecule has 3 nitrogen and oxygen atoms in total. The molecule has 1 unspecified atom stereocenters. The van der Waals surface area contributed by atoms with E-state index in [1.165, 1.54) is 38.8 Å². The molecule has 1 saturated heterocycles. The second-order valence-corrected chi connectivity index (χ2v) is 5.53. The van der Waals surface area contributed by atoms with Crippen LogP contribution in [0.4, 0.5) is 0 Å². The molecule has 0 radical (unpaired) electrons. The summed E-state index contributed by atoms with van der Waals surface area (Å²) < 4.78 is 0. The van der Waals surface area contributed by atoms with E-state index in [1.54, 1.807) is 0 Å². The summed E-state index contributed by atoms with van der Waals surface area (Å²) in [6, 6.07) is 0.558. The smallest absolute Gasteiger partial charge is 0.223 e. The van der Waals surface area contributed by atoms with Crippen molar-refractivity contribution >= 4 is 5.91 Å². The van der Waals surface area contributed by atoms with Crippen LogP contribution in [0.15, 0.2) is 0 Å². The monoisotopic (exact) mass is 238 g/mol. The van der Waals surface area contributed by atoms with Crippen LogP contribution in [0, 0.1) is 5.92 Å². The highest BCUT2D eigenvalue weighted by atomic mass is 16.1. The van der Waals surface area contributed by atoms with Crippen molar-refractivity contribution in [3.8, 4) is 0 Å². The van der Waals surface area contributed by atoms with Crippen LogP contribution < -0.4 is 5.32 Å². The van der Waals surface area contributed by atoms with E-state index in [-0.39, 0.29) is 0 Å². The largest absolute Gasteiger partial charge is 0.354 e. The van der Waals surface area contributed by atoms with Crippen molar-refractivity contribution in [1.82, 2.24) is 10.2 Å². The summed E-state index contributed by atoms with van der Waals surface area (Å²) in [6.45, 7) is 5.52. The van der Waals surface area contributed by atoms with E-state index in [1.807, 2.05) is 0 Å². The lowest BCUT2D eigenvalue weighted by Gasteiger charge is -2.27. The number of hydrogen-bond acceptors (Lipinski definition) is 2. The Morgan fingerprint density at radius 3 is 2.47 bits per heavy atom. The SMILES string of the molecule is CCC(CNC(=O)C1CCCC1)N1CCCC1. The van der Waals surface area contributed by atoms with Crippen molar-refractivity contribution in [3.63, 3.8) is 0 Å². The molecule has 2 aliphatic rings. The minimum absolute atomic E-state index is 0.306. The molecule has 0 aromatic heterocycles. The first-order valence-electron chi connectivity index (χ1n) is 7.33. The number of rotatable bonds is 5. The fraction of sp³-hybridized carbons (Fsp3) is 0.929. The topological polar surface area (TPSA) is 32.3 Å². The van der Waals surface area contributed by atoms with Gasteiger partial charge in [-0.3, -0.25) is 9.69 Å². The van der Waals surface area contributed by atoms with Gasteiger partial charge in [-0.05, 0) is 45.2 Å². The lowest BCUT2D eigenvalue weighted by Crippen LogP contribution is -2.43. The van der Waals surface area contributed by atoms with Gasteiger partial charge in [-0.2, -0.15) is 0 Å². The summed E-state index contributed by atoms with van der Waals surface area (Å²) in [5.41, 5.74) is 0. The number of carbonyl (C=O) groups excluding carboxylic acids is 1. The second kappa shape index (κ2) is 6.39. The van der Waals surface area contributed by atoms with E-state index >= 15 is 0 Å². The number of nitrogens with zero attached hydrogens (tertiary/aromatic N) is 1. The first-order valence-corrected chi connectivity index (χ1v) is 7.33. The molecule has 3 heteroatoms. The molecule has 2 rings (SSSR count). The lowest BCUT2D eigenvalue weighted by molar-refractivity contribution is -0.125. The summed E-state index contributed by atoms with van der Waals surface area (Å²) in [4.78, 5) is 14.5. The summed E-state index contributed by atoms with van der Waals surface area (Å²) in [5.74, 6) is 0.617. The first-order chi connectivity index (χ1) is 8.31. The quantitative estimate of drug-likeness (QED) is 0.796. The van der Waals surface area contributed by atoms with Crippen molar-refractivity contribution in [2.75, 3.05) is 19.6 Å². The molecule has 1 atom stereocenters. The van der Waals surface area contributed by atoms with E-state index in [2.05, 4.69) is 17.1 Å². The zero-order valence-corrected chi connectivity index (χ0v) is 11.1. The highest BCUT2D eigenvalue weighted by Gasteiger charge is 2.25. The fourth-order valence-electron chi connectivity index (χ4n) is 3.19. The number of carbonyl (C=O) groups is 1. The molecule has 1 saturated carbocycles. The normalized spacial score (nSPS) is 24.1. The number of amides is 1. The van der Waals surface area contributed by atoms with Gasteiger partial charge in [-0.25, -0.2) is 0 Å². The number of nitrogens with one attached hydrogen (secondary N) is 1. The minimum Gasteiger partial charge on any atom is -0.354 e. The Morgan fingerprint density at radius 2 is 1.88 bits per heavy atom. The third-order valence-electron chi connectivity index (χ3n) is 4.37. The molecule has 1 aliphatic carbocycles. The number of likely N-dealkylation sites (tertiary alicyclic amines) is 1. The predicted octanol–water partition coefficient (Wildman–Crippen LogP) is 2.17. The van der Waals surface area contributed by atoms with Crippen molar-refractivity contribution in [2.45, 2.75) is 57.9 Å². The van der Waals surface area contributed by atoms with E-state index < -0.39 is 0 Å². The molecule has 1 N–H and O–H groups in total. The highest BCUT2D eigenvalue weighted by molar-refractivity contribution is 5.78. The van der Waals surface area contributed by atoms with E-state index in [9.17, 15) is 4.79 Å². The van der Waals surface area contributed by atoms with Crippen LogP contribution >= 0.6 is 0 Å². The Kier molecular flexibility index (Phi) is 4.84. The van der Waals surface area contributed by atoms with Crippen molar-refractivity contribution < 1.29 is 4.79 Å². The summed E-state index contributed by atoms with van der Waals surface area (Å²) in [6.07, 6.45) is 8.48. The van der Waals surface area contributed by atoms with Crippen LogP contribution in [0.3, 0.4) is 0 Å². The molecular formula is C14H26N2O. The molecule has 0 aromatic rings. The second-order valence-electron chi connectivity index (χ2n) is 5.53. The van der Waals surface area contributed by atoms with Crippen LogP contribution in [-0.4, -0.2) is 36.5 Å². The van der Waals surface area contributed by atoms with E-state index in [0.29, 0.717) is 17.9 Å². The Labute approximate surface area is 105 Å². The maximum atomic E-state index is 12.0. The van der Waals surface area contributed by atoms with Crippen molar-refractivity contribution in [3.05, 3.63) is 0 Å². The minimum atomic E-state index is 0.306. The van der Waals surface area contributed by atoms with E-state index in [0.717, 1.165) is 25.8 Å². The fourth-order valence-corrected chi connectivity index (χ4v) is 3.19. The Bertz CT molecular complexity index is 243. The van der Waals surface area contributed by atoms with E-state index in [4.69, 9.17) is 0 Å². The molecule has 0 aromatic carbocycles. The third-order valence-corrected chi connectivity index (χ3v) is 4.37. The third kappa shape index (κ3) is 3.44. The Balaban J connectivity index is 1.72. The standard InChI is InChI=1S/C14H26N2O/c1-2-13(16-9-5-6-10-16)11-15-14(17)12-7-3-4-8-12/h12-13H,2-11H2,1H3,(H,15,17). The average molecular weight is 238 g/mol. The zero-order chi connectivity index (χ0) is 12.1. The van der Waals surface area contributed by atoms with Gasteiger partial charge in [-0.1, -0.05) is 19.8 Å². The van der Waals surface area contributed by atoms with Gasteiger partial charge in [0.2, 0.25) is 5.91 Å². The van der Waals surface area contributed by atoms with Crippen LogP contribution in [-0.2, 0) is 4.79 Å². The van der Waals surface area contributed by atoms with Crippen LogP contribution in [0.1, 0.15) is 51.9 Å². The molecule has 0 bridgehead atoms. The first kappa shape index (κ1) is 12.9. The number of hydrogen-bond donors (Lipinski definition) is 1. The predicted molar refractivity (Wildman–Crippen MR) is 69.9 cm³/mol. The van der Waals surface area contributed by atoms with Gasteiger partial charge >= 0.3 is 0 Å². The van der Waals surface area contributed by atoms with Gasteiger partial charge in [0.25, 0.3) is 0 Å². The molecule has 1 amide bonds. The van der Waals surface area contributed by atoms with Gasteiger partial charge in [0, 0.05) is 18.5 Å². The molecular weight excluding hydrogens is 212 g/mol. The Hall–Kier alpha value is -0.570. The van der Waals surface area contributed by atoms with Crippen LogP contribution in [0.2, 0.25) is 0 Å². The zero-order valence-electron chi connectivity index (χ0n) is 11.1. The van der Waals surface area contributed by atoms with Crippen molar-refractivity contribution in [1.29, 1.82) is 0 Å². The van der Waals surface area contributed by atoms with Crippen molar-refractivity contribution in [2.24, 2.45) is 5.92 Å². The lowest BCUT2D eigenvalue weighted by atomic mass is 10.1. The molecule has 2 fully saturated rings. The molecule has 0 spiro atoms. The molecule has 1 heterocycles. The van der Waals surface area contributed by atoms with Gasteiger partial charge in [0.1, 0.15) is 0 Å². The molecule has 17 heavy (non-hydrogen) atoms. The average Bonchev–Trinajstić information content (AvgIpc) is 3.02. The summed E-state index contributed by atoms with van der Waals surface area (Å²) in [5, 5.41) is 3.17. The summed E-state index contributed by atoms with van der Waals surface area (Å²) in [7, 11) is 0. The maximum Gasteiger partial charge on any atom is 0.223 e. The van der Waals surface area contributed by atoms with Crippen LogP contribution in [0.25, 0.3) is 0 Å². The van der Waals surface area contributed by atoms with Crippen LogP contribution in [0.5, 0.6) is 0 Å². The van der Waals surface area contributed by atoms with Gasteiger partial charge < -0.3 is 5.32 Å². The van der Waals surface area contributed by atoms with Gasteiger partial charge in [-0.15, -0.1) is 0 Å². The highest BCUT2D eigenvalue weighted by Crippen LogP contribution is 2.24. The summed E-state index contributed by atoms with van der Waals surface area (Å²) >= 11 is 0.